The molecular formula is C14H14Br2N2S. The van der Waals surface area contributed by atoms with Gasteiger partial charge in [0.1, 0.15) is 0 Å². The maximum atomic E-state index is 6.14. The van der Waals surface area contributed by atoms with E-state index in [1.807, 2.05) is 37.3 Å². The monoisotopic (exact) mass is 400 g/mol. The number of pyridine rings is 1. The van der Waals surface area contributed by atoms with Gasteiger partial charge in [0.25, 0.3) is 0 Å². The minimum absolute atomic E-state index is 0.0362. The largest absolute Gasteiger partial charge is 0.327 e. The van der Waals surface area contributed by atoms with E-state index in [1.165, 1.54) is 5.56 Å². The van der Waals surface area contributed by atoms with Crippen LogP contribution in [0.25, 0.3) is 0 Å². The zero-order valence-corrected chi connectivity index (χ0v) is 14.4. The van der Waals surface area contributed by atoms with E-state index in [0.29, 0.717) is 0 Å². The molecule has 0 aliphatic heterocycles. The molecule has 0 aliphatic rings. The minimum atomic E-state index is 0.0362. The molecule has 100 valence electrons. The van der Waals surface area contributed by atoms with E-state index in [2.05, 4.69) is 42.9 Å². The summed E-state index contributed by atoms with van der Waals surface area (Å²) in [6.07, 6.45) is 1.81. The third-order valence-electron chi connectivity index (χ3n) is 2.64. The normalized spacial score (nSPS) is 14.1. The second kappa shape index (κ2) is 6.88. The first-order valence-electron chi connectivity index (χ1n) is 5.86. The summed E-state index contributed by atoms with van der Waals surface area (Å²) in [5.41, 5.74) is 7.34. The lowest BCUT2D eigenvalue weighted by Crippen LogP contribution is -2.23. The molecule has 2 nitrogen and oxygen atoms in total. The summed E-state index contributed by atoms with van der Waals surface area (Å²) < 4.78 is 2.07. The van der Waals surface area contributed by atoms with Gasteiger partial charge in [-0.1, -0.05) is 45.9 Å². The number of thioether (sulfide) groups is 1. The summed E-state index contributed by atoms with van der Waals surface area (Å²) in [7, 11) is 0. The average Bonchev–Trinajstić information content (AvgIpc) is 2.39. The number of nitrogens with zero attached hydrogens (tertiary/aromatic N) is 1. The third kappa shape index (κ3) is 4.05. The Kier molecular flexibility index (Phi) is 5.45. The maximum Gasteiger partial charge on any atom is 0.0967 e. The van der Waals surface area contributed by atoms with Crippen LogP contribution in [0.1, 0.15) is 17.7 Å². The fourth-order valence-corrected chi connectivity index (χ4v) is 3.71. The fraction of sp³-hybridized carbons (Fsp3) is 0.214. The Balaban J connectivity index is 2.27. The van der Waals surface area contributed by atoms with Crippen LogP contribution in [0.3, 0.4) is 0 Å². The van der Waals surface area contributed by atoms with Crippen LogP contribution in [0.5, 0.6) is 0 Å². The number of rotatable bonds is 4. The van der Waals surface area contributed by atoms with E-state index in [4.69, 9.17) is 5.73 Å². The topological polar surface area (TPSA) is 38.9 Å². The molecule has 1 aromatic carbocycles. The highest BCUT2D eigenvalue weighted by Gasteiger charge is 2.20. The predicted molar refractivity (Wildman–Crippen MR) is 88.3 cm³/mol. The molecule has 0 spiro atoms. The first kappa shape index (κ1) is 15.0. The molecule has 0 radical (unpaired) electrons. The Bertz CT molecular complexity index is 543. The summed E-state index contributed by atoms with van der Waals surface area (Å²) in [5.74, 6) is 0. The van der Waals surface area contributed by atoms with Crippen molar-refractivity contribution in [3.8, 4) is 0 Å². The molecule has 2 unspecified atom stereocenters. The van der Waals surface area contributed by atoms with E-state index in [0.717, 1.165) is 14.0 Å². The summed E-state index contributed by atoms with van der Waals surface area (Å²) in [6.45, 7) is 2.02. The molecule has 0 aliphatic carbocycles. The van der Waals surface area contributed by atoms with Gasteiger partial charge in [0, 0.05) is 21.2 Å². The molecular weight excluding hydrogens is 388 g/mol. The van der Waals surface area contributed by atoms with Crippen molar-refractivity contribution in [1.82, 2.24) is 4.98 Å². The molecule has 2 aromatic rings. The first-order chi connectivity index (χ1) is 9.08. The predicted octanol–water partition coefficient (Wildman–Crippen LogP) is 4.79. The lowest BCUT2D eigenvalue weighted by molar-refractivity contribution is 0.718. The van der Waals surface area contributed by atoms with Crippen LogP contribution in [0.4, 0.5) is 0 Å². The van der Waals surface area contributed by atoms with E-state index in [-0.39, 0.29) is 11.3 Å². The van der Waals surface area contributed by atoms with Gasteiger partial charge in [-0.2, -0.15) is 0 Å². The fourth-order valence-electron chi connectivity index (χ4n) is 1.72. The van der Waals surface area contributed by atoms with Crippen molar-refractivity contribution in [1.29, 1.82) is 0 Å². The number of nitrogens with two attached hydrogens (primary N) is 1. The molecule has 19 heavy (non-hydrogen) atoms. The van der Waals surface area contributed by atoms with Crippen LogP contribution >= 0.6 is 43.6 Å². The molecule has 1 heterocycles. The van der Waals surface area contributed by atoms with Crippen LogP contribution in [-0.2, 0) is 0 Å². The van der Waals surface area contributed by atoms with Crippen LogP contribution < -0.4 is 5.73 Å². The van der Waals surface area contributed by atoms with Crippen molar-refractivity contribution in [2.75, 3.05) is 0 Å². The quantitative estimate of drug-likeness (QED) is 0.748. The molecule has 2 N–H and O–H groups in total. The molecule has 0 saturated carbocycles. The van der Waals surface area contributed by atoms with Crippen LogP contribution in [0.15, 0.2) is 56.6 Å². The highest BCUT2D eigenvalue weighted by Crippen LogP contribution is 2.39. The van der Waals surface area contributed by atoms with Gasteiger partial charge < -0.3 is 5.73 Å². The Hall–Kier alpha value is -0.360. The van der Waals surface area contributed by atoms with Crippen molar-refractivity contribution in [2.24, 2.45) is 5.73 Å². The van der Waals surface area contributed by atoms with Gasteiger partial charge in [0.2, 0.25) is 0 Å². The molecule has 0 saturated heterocycles. The Morgan fingerprint density at radius 2 is 1.89 bits per heavy atom. The number of hydrogen-bond donors (Lipinski definition) is 1. The summed E-state index contributed by atoms with van der Waals surface area (Å²) >= 11 is 8.67. The molecule has 0 bridgehead atoms. The number of benzene rings is 1. The smallest absolute Gasteiger partial charge is 0.0967 e. The highest BCUT2D eigenvalue weighted by atomic mass is 79.9. The van der Waals surface area contributed by atoms with E-state index < -0.39 is 0 Å². The summed E-state index contributed by atoms with van der Waals surface area (Å²) in [5, 5.41) is 1.14. The van der Waals surface area contributed by atoms with E-state index >= 15 is 0 Å². The number of halogens is 2. The van der Waals surface area contributed by atoms with Gasteiger partial charge in [-0.05, 0) is 46.6 Å². The molecule has 0 amide bonds. The van der Waals surface area contributed by atoms with Crippen LogP contribution in [0.2, 0.25) is 0 Å². The van der Waals surface area contributed by atoms with Gasteiger partial charge in [-0.15, -0.1) is 0 Å². The Morgan fingerprint density at radius 3 is 2.47 bits per heavy atom. The highest BCUT2D eigenvalue weighted by molar-refractivity contribution is 9.10. The summed E-state index contributed by atoms with van der Waals surface area (Å²) in [4.78, 5) is 4.40. The van der Waals surface area contributed by atoms with Gasteiger partial charge in [0.15, 0.2) is 0 Å². The summed E-state index contributed by atoms with van der Waals surface area (Å²) in [6, 6.07) is 12.2. The molecule has 2 atom stereocenters. The Morgan fingerprint density at radius 1 is 1.16 bits per heavy atom. The number of hydrogen-bond acceptors (Lipinski definition) is 3. The van der Waals surface area contributed by atoms with Crippen molar-refractivity contribution < 1.29 is 0 Å². The van der Waals surface area contributed by atoms with Gasteiger partial charge in [-0.25, -0.2) is 4.98 Å². The van der Waals surface area contributed by atoms with Crippen molar-refractivity contribution in [3.63, 3.8) is 0 Å². The first-order valence-corrected chi connectivity index (χ1v) is 8.32. The van der Waals surface area contributed by atoms with Gasteiger partial charge in [-0.3, -0.25) is 0 Å². The zero-order chi connectivity index (χ0) is 13.8. The second-order valence-electron chi connectivity index (χ2n) is 4.23. The molecule has 1 aromatic heterocycles. The lowest BCUT2D eigenvalue weighted by Gasteiger charge is -2.21. The minimum Gasteiger partial charge on any atom is -0.327 e. The maximum absolute atomic E-state index is 6.14. The average molecular weight is 402 g/mol. The molecule has 5 heteroatoms. The zero-order valence-electron chi connectivity index (χ0n) is 10.4. The van der Waals surface area contributed by atoms with Crippen LogP contribution in [0, 0.1) is 0 Å². The third-order valence-corrected chi connectivity index (χ3v) is 5.25. The lowest BCUT2D eigenvalue weighted by atomic mass is 10.1. The second-order valence-corrected chi connectivity index (χ2v) is 7.17. The van der Waals surface area contributed by atoms with Gasteiger partial charge >= 0.3 is 0 Å². The van der Waals surface area contributed by atoms with Gasteiger partial charge in [0.05, 0.1) is 10.3 Å². The van der Waals surface area contributed by atoms with Crippen molar-refractivity contribution >= 4 is 43.6 Å². The van der Waals surface area contributed by atoms with E-state index in [1.54, 1.807) is 18.0 Å². The molecule has 2 rings (SSSR count). The standard InChI is InChI=1S/C14H14Br2N2S/c1-9(17)14(11-4-2-3-5-12(11)16)19-13-7-6-10(15)8-18-13/h2-9,14H,17H2,1H3. The van der Waals surface area contributed by atoms with E-state index in [9.17, 15) is 0 Å². The Labute approximate surface area is 134 Å². The van der Waals surface area contributed by atoms with Crippen LogP contribution in [-0.4, -0.2) is 11.0 Å². The van der Waals surface area contributed by atoms with Crippen molar-refractivity contribution in [3.05, 3.63) is 57.1 Å². The van der Waals surface area contributed by atoms with Crippen molar-refractivity contribution in [2.45, 2.75) is 23.2 Å². The SMILES string of the molecule is CC(N)C(Sc1ccc(Br)cn1)c1ccccc1Br. The molecule has 0 fully saturated rings. The number of aromatic nitrogens is 1.